The number of alkyl halides is 1. The molecular formula is C19H25FO3. The second-order valence-electron chi connectivity index (χ2n) is 7.98. The van der Waals surface area contributed by atoms with E-state index in [0.717, 1.165) is 24.0 Å². The minimum Gasteiger partial charge on any atom is -0.508 e. The lowest BCUT2D eigenvalue weighted by Gasteiger charge is -2.51. The van der Waals surface area contributed by atoms with E-state index in [9.17, 15) is 10.2 Å². The van der Waals surface area contributed by atoms with Crippen molar-refractivity contribution in [2.75, 3.05) is 7.11 Å². The highest BCUT2D eigenvalue weighted by atomic mass is 19.1. The fraction of sp³-hybridized carbons (Fsp3) is 0.684. The number of hydrogen-bond acceptors (Lipinski definition) is 3. The Kier molecular flexibility index (Phi) is 3.47. The van der Waals surface area contributed by atoms with Crippen molar-refractivity contribution >= 4 is 0 Å². The van der Waals surface area contributed by atoms with E-state index in [4.69, 9.17) is 4.74 Å². The highest BCUT2D eigenvalue weighted by Crippen LogP contribution is 2.62. The van der Waals surface area contributed by atoms with Crippen molar-refractivity contribution in [3.63, 3.8) is 0 Å². The SMILES string of the molecule is CO[C@H]1[C@H]2[C@@H]3CCc4cc(O)ccc4[C@H]3[C@@H](F)C[C@]2(C)C[C@@H]1O. The summed E-state index contributed by atoms with van der Waals surface area (Å²) < 4.78 is 20.8. The first kappa shape index (κ1) is 15.4. The summed E-state index contributed by atoms with van der Waals surface area (Å²) in [5.41, 5.74) is 1.93. The van der Waals surface area contributed by atoms with E-state index in [0.29, 0.717) is 12.8 Å². The maximum Gasteiger partial charge on any atom is 0.115 e. The number of rotatable bonds is 1. The number of phenols is 1. The average molecular weight is 320 g/mol. The number of aliphatic hydroxyl groups is 1. The van der Waals surface area contributed by atoms with Gasteiger partial charge in [0.2, 0.25) is 0 Å². The van der Waals surface area contributed by atoms with Gasteiger partial charge in [-0.1, -0.05) is 13.0 Å². The number of aryl methyl sites for hydroxylation is 1. The summed E-state index contributed by atoms with van der Waals surface area (Å²) in [6.45, 7) is 2.12. The molecule has 3 aliphatic rings. The van der Waals surface area contributed by atoms with Crippen LogP contribution in [0.2, 0.25) is 0 Å². The Morgan fingerprint density at radius 1 is 1.30 bits per heavy atom. The largest absolute Gasteiger partial charge is 0.508 e. The standard InChI is InChI=1S/C19H25FO3/c1-19-8-14(20)16-12-6-4-11(21)7-10(12)3-5-13(16)17(19)18(23-2)15(22)9-19/h4,6-7,13-18,21-22H,3,5,8-9H2,1-2H3/t13-,14+,15+,16-,17-,18-,19-/m1/s1. The minimum atomic E-state index is -0.896. The number of aromatic hydroxyl groups is 1. The van der Waals surface area contributed by atoms with Crippen molar-refractivity contribution in [3.8, 4) is 5.75 Å². The normalized spacial score (nSPS) is 45.2. The van der Waals surface area contributed by atoms with Crippen molar-refractivity contribution in [3.05, 3.63) is 29.3 Å². The number of fused-ring (bicyclic) bond motifs is 5. The number of aliphatic hydroxyl groups excluding tert-OH is 1. The second kappa shape index (κ2) is 5.18. The number of ether oxygens (including phenoxy) is 1. The predicted molar refractivity (Wildman–Crippen MR) is 85.2 cm³/mol. The monoisotopic (exact) mass is 320 g/mol. The van der Waals surface area contributed by atoms with E-state index in [-0.39, 0.29) is 35.0 Å². The maximum absolute atomic E-state index is 15.2. The van der Waals surface area contributed by atoms with Crippen LogP contribution in [-0.4, -0.2) is 35.7 Å². The average Bonchev–Trinajstić information content (AvgIpc) is 2.75. The smallest absolute Gasteiger partial charge is 0.115 e. The quantitative estimate of drug-likeness (QED) is 0.835. The molecule has 2 saturated carbocycles. The second-order valence-corrected chi connectivity index (χ2v) is 7.98. The fourth-order valence-electron chi connectivity index (χ4n) is 5.95. The van der Waals surface area contributed by atoms with Crippen LogP contribution in [0.4, 0.5) is 4.39 Å². The van der Waals surface area contributed by atoms with Crippen LogP contribution in [0.5, 0.6) is 5.75 Å². The Morgan fingerprint density at radius 2 is 2.09 bits per heavy atom. The Balaban J connectivity index is 1.77. The molecule has 0 spiro atoms. The van der Waals surface area contributed by atoms with Crippen LogP contribution < -0.4 is 0 Å². The van der Waals surface area contributed by atoms with Crippen molar-refractivity contribution in [2.45, 2.75) is 56.9 Å². The molecule has 4 heteroatoms. The molecule has 1 aromatic rings. The van der Waals surface area contributed by atoms with Crippen molar-refractivity contribution in [2.24, 2.45) is 17.3 Å². The predicted octanol–water partition coefficient (Wildman–Crippen LogP) is 3.18. The number of hydrogen-bond donors (Lipinski definition) is 2. The zero-order valence-corrected chi connectivity index (χ0v) is 13.7. The molecule has 2 N–H and O–H groups in total. The third kappa shape index (κ3) is 2.14. The summed E-state index contributed by atoms with van der Waals surface area (Å²) in [6.07, 6.45) is 1.28. The molecule has 0 unspecified atom stereocenters. The van der Waals surface area contributed by atoms with Gasteiger partial charge < -0.3 is 14.9 Å². The van der Waals surface area contributed by atoms with Crippen molar-refractivity contribution < 1.29 is 19.3 Å². The molecule has 1 aromatic carbocycles. The first-order chi connectivity index (χ1) is 10.9. The molecule has 2 fully saturated rings. The maximum atomic E-state index is 15.2. The van der Waals surface area contributed by atoms with Gasteiger partial charge in [-0.05, 0) is 66.2 Å². The molecule has 3 nitrogen and oxygen atoms in total. The number of phenolic OH excluding ortho intramolecular Hbond substituents is 1. The molecule has 126 valence electrons. The number of methoxy groups -OCH3 is 1. The Labute approximate surface area is 136 Å². The Bertz CT molecular complexity index is 619. The molecule has 0 aliphatic heterocycles. The lowest BCUT2D eigenvalue weighted by atomic mass is 9.55. The van der Waals surface area contributed by atoms with Crippen LogP contribution in [0.1, 0.15) is 43.2 Å². The van der Waals surface area contributed by atoms with Gasteiger partial charge in [-0.2, -0.15) is 0 Å². The molecular weight excluding hydrogens is 295 g/mol. The van der Waals surface area contributed by atoms with E-state index >= 15 is 4.39 Å². The van der Waals surface area contributed by atoms with Gasteiger partial charge in [0.1, 0.15) is 11.9 Å². The lowest BCUT2D eigenvalue weighted by Crippen LogP contribution is -2.49. The third-order valence-corrected chi connectivity index (χ3v) is 6.69. The summed E-state index contributed by atoms with van der Waals surface area (Å²) >= 11 is 0. The molecule has 3 aliphatic carbocycles. The van der Waals surface area contributed by atoms with Crippen LogP contribution in [-0.2, 0) is 11.2 Å². The molecule has 0 amide bonds. The van der Waals surface area contributed by atoms with Crippen LogP contribution in [0.3, 0.4) is 0 Å². The van der Waals surface area contributed by atoms with Gasteiger partial charge in [-0.3, -0.25) is 0 Å². The summed E-state index contributed by atoms with van der Waals surface area (Å²) in [5, 5.41) is 20.1. The van der Waals surface area contributed by atoms with Gasteiger partial charge >= 0.3 is 0 Å². The van der Waals surface area contributed by atoms with Gasteiger partial charge in [0.15, 0.2) is 0 Å². The van der Waals surface area contributed by atoms with E-state index < -0.39 is 12.3 Å². The van der Waals surface area contributed by atoms with Gasteiger partial charge in [-0.25, -0.2) is 4.39 Å². The van der Waals surface area contributed by atoms with Gasteiger partial charge in [0.05, 0.1) is 12.2 Å². The summed E-state index contributed by atoms with van der Waals surface area (Å²) in [6, 6.07) is 5.34. The van der Waals surface area contributed by atoms with Crippen molar-refractivity contribution in [1.29, 1.82) is 0 Å². The van der Waals surface area contributed by atoms with Gasteiger partial charge in [0, 0.05) is 13.0 Å². The summed E-state index contributed by atoms with van der Waals surface area (Å²) in [7, 11) is 1.66. The molecule has 23 heavy (non-hydrogen) atoms. The van der Waals surface area contributed by atoms with E-state index in [1.165, 1.54) is 0 Å². The zero-order valence-electron chi connectivity index (χ0n) is 13.7. The highest BCUT2D eigenvalue weighted by molar-refractivity contribution is 5.41. The molecule has 7 atom stereocenters. The lowest BCUT2D eigenvalue weighted by molar-refractivity contribution is -0.0722. The molecule has 0 saturated heterocycles. The van der Waals surface area contributed by atoms with Gasteiger partial charge in [-0.15, -0.1) is 0 Å². The molecule has 0 heterocycles. The molecule has 4 rings (SSSR count). The summed E-state index contributed by atoms with van der Waals surface area (Å²) in [5.74, 6) is 0.508. The minimum absolute atomic E-state index is 0.139. The first-order valence-corrected chi connectivity index (χ1v) is 8.61. The van der Waals surface area contributed by atoms with E-state index in [2.05, 4.69) is 6.92 Å². The number of halogens is 1. The molecule has 0 aromatic heterocycles. The van der Waals surface area contributed by atoms with E-state index in [1.807, 2.05) is 6.07 Å². The van der Waals surface area contributed by atoms with Crippen molar-refractivity contribution in [1.82, 2.24) is 0 Å². The first-order valence-electron chi connectivity index (χ1n) is 8.61. The highest BCUT2D eigenvalue weighted by Gasteiger charge is 2.60. The van der Waals surface area contributed by atoms with Gasteiger partial charge in [0.25, 0.3) is 0 Å². The van der Waals surface area contributed by atoms with E-state index in [1.54, 1.807) is 19.2 Å². The molecule has 0 bridgehead atoms. The topological polar surface area (TPSA) is 49.7 Å². The Morgan fingerprint density at radius 3 is 2.83 bits per heavy atom. The fourth-order valence-corrected chi connectivity index (χ4v) is 5.95. The van der Waals surface area contributed by atoms with Crippen LogP contribution >= 0.6 is 0 Å². The Hall–Kier alpha value is -1.13. The van der Waals surface area contributed by atoms with Crippen LogP contribution in [0, 0.1) is 17.3 Å². The summed E-state index contributed by atoms with van der Waals surface area (Å²) in [4.78, 5) is 0. The van der Waals surface area contributed by atoms with Crippen LogP contribution in [0.15, 0.2) is 18.2 Å². The molecule has 0 radical (unpaired) electrons. The number of benzene rings is 1. The van der Waals surface area contributed by atoms with Crippen LogP contribution in [0.25, 0.3) is 0 Å². The zero-order chi connectivity index (χ0) is 16.4. The third-order valence-electron chi connectivity index (χ3n) is 6.69.